The van der Waals surface area contributed by atoms with Crippen LogP contribution in [0.2, 0.25) is 0 Å². The van der Waals surface area contributed by atoms with Crippen molar-refractivity contribution in [1.82, 2.24) is 0 Å². The van der Waals surface area contributed by atoms with Crippen LogP contribution in [0.25, 0.3) is 0 Å². The van der Waals surface area contributed by atoms with E-state index in [0.29, 0.717) is 0 Å². The Balaban J connectivity index is -0.000000339. The van der Waals surface area contributed by atoms with Crippen LogP contribution in [0.4, 0.5) is 0 Å². The molecule has 0 fully saturated rings. The van der Waals surface area contributed by atoms with Gasteiger partial charge in [0.15, 0.2) is 0 Å². The second-order valence-corrected chi connectivity index (χ2v) is 38.6. The zero-order valence-electron chi connectivity index (χ0n) is 89.8. The monoisotopic (exact) mass is 1880 g/mol. The fourth-order valence-corrected chi connectivity index (χ4v) is 16.6. The van der Waals surface area contributed by atoms with E-state index in [4.69, 9.17) is 33.5 Å². The van der Waals surface area contributed by atoms with Crippen LogP contribution in [0.5, 0.6) is 0 Å². The number of hydrogen-bond acceptors (Lipinski definition) is 7. The standard InChI is InChI=1S/3C40H74O.3Na.H3O4P/c3*1-5-9-11-13-15-17-19-21-23-25-27-29-31-33-35-37-39(7-3)41-40(8-4)38-36-34-32-30-28-26-24-22-20-18-16-14-12-10-6-2;;;;1-5(2,3)4/h3*7-8,21-24,39-40H,3-6,9-20,25-38H2,1-2H3;;;;(H3,1,2,3,4)/q;;;3*+1;/p-3/b3*23-21-,24-22-;;;;. The Morgan fingerprint density at radius 1 is 0.176 bits per heavy atom. The van der Waals surface area contributed by atoms with Crippen molar-refractivity contribution in [2.45, 2.75) is 618 Å². The molecule has 0 spiro atoms. The maximum atomic E-state index is 8.55. The maximum absolute atomic E-state index is 8.55. The topological polar surface area (TPSA) is 114 Å². The zero-order chi connectivity index (χ0) is 94.2. The normalized spacial score (nSPS) is 13.0. The van der Waals surface area contributed by atoms with Crippen LogP contribution >= 0.6 is 7.82 Å². The molecule has 0 aromatic carbocycles. The molecule has 0 rings (SSSR count). The van der Waals surface area contributed by atoms with Gasteiger partial charge in [-0.15, -0.1) is 39.5 Å². The first-order chi connectivity index (χ1) is 62.8. The van der Waals surface area contributed by atoms with Crippen LogP contribution in [0, 0.1) is 0 Å². The summed E-state index contributed by atoms with van der Waals surface area (Å²) in [5.41, 5.74) is 0. The number of allylic oxidation sites excluding steroid dienone is 12. The molecule has 752 valence electrons. The van der Waals surface area contributed by atoms with Crippen molar-refractivity contribution < 1.29 is 122 Å². The number of phosphoric acid groups is 1. The zero-order valence-corrected chi connectivity index (χ0v) is 96.7. The molecule has 0 aromatic rings. The number of unbranched alkanes of at least 4 members (excludes halogenated alkanes) is 66. The van der Waals surface area contributed by atoms with Crippen molar-refractivity contribution in [2.24, 2.45) is 0 Å². The maximum Gasteiger partial charge on any atom is 1.00 e. The van der Waals surface area contributed by atoms with Crippen LogP contribution < -0.4 is 103 Å². The second kappa shape index (κ2) is 130. The van der Waals surface area contributed by atoms with E-state index in [1.54, 1.807) is 0 Å². The Morgan fingerprint density at radius 3 is 0.351 bits per heavy atom. The average Bonchev–Trinajstić information content (AvgIpc) is 0.967. The summed E-state index contributed by atoms with van der Waals surface area (Å²) in [6, 6.07) is 0. The van der Waals surface area contributed by atoms with Crippen LogP contribution in [-0.2, 0) is 18.8 Å². The van der Waals surface area contributed by atoms with E-state index in [2.05, 4.69) is 154 Å². The first-order valence-electron chi connectivity index (χ1n) is 56.2. The molecule has 0 aliphatic carbocycles. The molecule has 0 amide bonds. The van der Waals surface area contributed by atoms with E-state index in [0.717, 1.165) is 38.5 Å². The van der Waals surface area contributed by atoms with Crippen molar-refractivity contribution >= 4 is 7.82 Å². The van der Waals surface area contributed by atoms with Gasteiger partial charge in [-0.3, -0.25) is 0 Å². The molecule has 0 bridgehead atoms. The third kappa shape index (κ3) is 134. The first-order valence-corrected chi connectivity index (χ1v) is 57.6. The summed E-state index contributed by atoms with van der Waals surface area (Å²) in [5, 5.41) is 0. The summed E-state index contributed by atoms with van der Waals surface area (Å²) in [6.07, 6.45) is 154. The molecule has 0 aliphatic rings. The Kier molecular flexibility index (Phi) is 143. The van der Waals surface area contributed by atoms with Gasteiger partial charge in [-0.05, 0) is 193 Å². The SMILES string of the molecule is C=CC(CCCCCCC/C=C\CCCCCCCC)OC(C=C)CCCCCCC/C=C\CCCCCCCC.C=CC(CCCCCCC/C=C\CCCCCCCC)OC(C=C)CCCCCCC/C=C\CCCCCCCC.C=CC(CCCCCCC/C=C\CCCCCCCC)OC(C=C)CCCCCCC/C=C\CCCCCCCC.O=P([O-])([O-])[O-].[Na+].[Na+].[Na+]. The summed E-state index contributed by atoms with van der Waals surface area (Å²) in [7, 11) is -5.39. The van der Waals surface area contributed by atoms with E-state index < -0.39 is 7.82 Å². The van der Waals surface area contributed by atoms with Crippen molar-refractivity contribution in [3.8, 4) is 0 Å². The van der Waals surface area contributed by atoms with Gasteiger partial charge in [0.05, 0.1) is 36.6 Å². The molecule has 0 aliphatic heterocycles. The predicted molar refractivity (Wildman–Crippen MR) is 571 cm³/mol. The second-order valence-electron chi connectivity index (χ2n) is 37.7. The predicted octanol–water partition coefficient (Wildman–Crippen LogP) is 30.7. The third-order valence-electron chi connectivity index (χ3n) is 25.1. The minimum Gasteiger partial charge on any atom is -0.822 e. The molecule has 131 heavy (non-hydrogen) atoms. The fourth-order valence-electron chi connectivity index (χ4n) is 16.6. The van der Waals surface area contributed by atoms with E-state index in [1.807, 2.05) is 36.5 Å². The number of hydrogen-bond donors (Lipinski definition) is 0. The van der Waals surface area contributed by atoms with Gasteiger partial charge in [-0.1, -0.05) is 498 Å². The number of ether oxygens (including phenoxy) is 3. The number of rotatable bonds is 102. The molecule has 0 heterocycles. The van der Waals surface area contributed by atoms with Crippen LogP contribution in [0.15, 0.2) is 149 Å². The summed E-state index contributed by atoms with van der Waals surface area (Å²) < 4.78 is 27.5. The fraction of sp³-hybridized carbons (Fsp3) is 0.800. The molecule has 0 N–H and O–H groups in total. The van der Waals surface area contributed by atoms with Crippen LogP contribution in [0.1, 0.15) is 581 Å². The Hall–Kier alpha value is -0.130. The molecular formula is C120H222Na3O7P. The molecule has 0 saturated carbocycles. The Bertz CT molecular complexity index is 2020. The molecule has 11 heteroatoms. The Labute approximate surface area is 887 Å². The van der Waals surface area contributed by atoms with Gasteiger partial charge in [0, 0.05) is 0 Å². The first kappa shape index (κ1) is 144. The molecule has 0 radical (unpaired) electrons. The van der Waals surface area contributed by atoms with Gasteiger partial charge in [-0.2, -0.15) is 7.82 Å². The van der Waals surface area contributed by atoms with Crippen molar-refractivity contribution in [1.29, 1.82) is 0 Å². The van der Waals surface area contributed by atoms with Crippen LogP contribution in [-0.4, -0.2) is 36.6 Å². The average molecular weight is 1880 g/mol. The van der Waals surface area contributed by atoms with Gasteiger partial charge < -0.3 is 33.5 Å². The molecular weight excluding hydrogens is 1650 g/mol. The van der Waals surface area contributed by atoms with E-state index in [1.165, 1.54) is 501 Å². The summed E-state index contributed by atoms with van der Waals surface area (Å²) >= 11 is 0. The minimum atomic E-state index is -5.39. The molecule has 6 unspecified atom stereocenters. The third-order valence-corrected chi connectivity index (χ3v) is 25.1. The van der Waals surface area contributed by atoms with Crippen molar-refractivity contribution in [2.75, 3.05) is 0 Å². The van der Waals surface area contributed by atoms with Gasteiger partial charge >= 0.3 is 88.7 Å². The smallest absolute Gasteiger partial charge is 0.822 e. The largest absolute Gasteiger partial charge is 1.00 e. The summed E-state index contributed by atoms with van der Waals surface area (Å²) in [6.45, 7) is 38.0. The van der Waals surface area contributed by atoms with E-state index >= 15 is 0 Å². The van der Waals surface area contributed by atoms with Crippen molar-refractivity contribution in [3.63, 3.8) is 0 Å². The molecule has 0 saturated heterocycles. The molecule has 0 aromatic heterocycles. The van der Waals surface area contributed by atoms with E-state index in [9.17, 15) is 0 Å². The Morgan fingerprint density at radius 2 is 0.260 bits per heavy atom. The summed E-state index contributed by atoms with van der Waals surface area (Å²) in [5.74, 6) is 0. The molecule has 7 nitrogen and oxygen atoms in total. The van der Waals surface area contributed by atoms with Crippen molar-refractivity contribution in [3.05, 3.63) is 149 Å². The van der Waals surface area contributed by atoms with E-state index in [-0.39, 0.29) is 125 Å². The van der Waals surface area contributed by atoms with Gasteiger partial charge in [0.2, 0.25) is 0 Å². The molecule has 6 atom stereocenters. The minimum absolute atomic E-state index is 0. The summed E-state index contributed by atoms with van der Waals surface area (Å²) in [4.78, 5) is 25.6. The van der Waals surface area contributed by atoms with Crippen LogP contribution in [0.3, 0.4) is 0 Å². The van der Waals surface area contributed by atoms with Gasteiger partial charge in [-0.25, -0.2) is 0 Å². The van der Waals surface area contributed by atoms with Gasteiger partial charge in [0.1, 0.15) is 0 Å². The van der Waals surface area contributed by atoms with Gasteiger partial charge in [0.25, 0.3) is 0 Å². The quantitative estimate of drug-likeness (QED) is 0.0258.